The fourth-order valence-corrected chi connectivity index (χ4v) is 3.67. The van der Waals surface area contributed by atoms with Crippen LogP contribution >= 0.6 is 0 Å². The average molecular weight is 379 g/mol. The molecule has 1 amide bonds. The van der Waals surface area contributed by atoms with Gasteiger partial charge in [-0.3, -0.25) is 14.3 Å². The monoisotopic (exact) mass is 379 g/mol. The number of para-hydroxylation sites is 1. The number of amides is 1. The first kappa shape index (κ1) is 19.6. The number of rotatable bonds is 3. The molecule has 0 saturated heterocycles. The Labute approximate surface area is 164 Å². The minimum Gasteiger partial charge on any atom is -0.465 e. The van der Waals surface area contributed by atoms with Gasteiger partial charge in [-0.05, 0) is 58.4 Å². The summed E-state index contributed by atoms with van der Waals surface area (Å²) in [6, 6.07) is 14.1. The van der Waals surface area contributed by atoms with Crippen LogP contribution in [0.4, 0.5) is 4.79 Å². The van der Waals surface area contributed by atoms with Crippen molar-refractivity contribution in [2.75, 3.05) is 0 Å². The molecule has 0 bridgehead atoms. The molecule has 28 heavy (non-hydrogen) atoms. The van der Waals surface area contributed by atoms with Gasteiger partial charge in [0, 0.05) is 5.54 Å². The summed E-state index contributed by atoms with van der Waals surface area (Å²) in [5.41, 5.74) is 1.20. The highest BCUT2D eigenvalue weighted by Crippen LogP contribution is 2.29. The second-order valence-corrected chi connectivity index (χ2v) is 7.91. The molecule has 146 valence electrons. The third-order valence-electron chi connectivity index (χ3n) is 4.84. The maximum Gasteiger partial charge on any atom is 0.408 e. The van der Waals surface area contributed by atoms with Gasteiger partial charge in [0.1, 0.15) is 5.82 Å². The van der Waals surface area contributed by atoms with E-state index >= 15 is 0 Å². The second-order valence-electron chi connectivity index (χ2n) is 7.91. The summed E-state index contributed by atoms with van der Waals surface area (Å²) in [6.07, 6.45) is -1.06. The number of benzene rings is 2. The molecule has 1 aromatic heterocycles. The summed E-state index contributed by atoms with van der Waals surface area (Å²) in [6.45, 7) is 9.13. The fourth-order valence-electron chi connectivity index (χ4n) is 3.67. The zero-order chi connectivity index (χ0) is 20.6. The van der Waals surface area contributed by atoms with Gasteiger partial charge in [0.2, 0.25) is 0 Å². The number of aromatic nitrogens is 2. The van der Waals surface area contributed by atoms with E-state index in [9.17, 15) is 14.7 Å². The van der Waals surface area contributed by atoms with Crippen LogP contribution in [0.25, 0.3) is 16.6 Å². The highest BCUT2D eigenvalue weighted by molar-refractivity contribution is 5.81. The normalized spacial score (nSPS) is 12.8. The average Bonchev–Trinajstić information content (AvgIpc) is 2.60. The highest BCUT2D eigenvalue weighted by Gasteiger charge is 2.34. The molecule has 6 heteroatoms. The Morgan fingerprint density at radius 2 is 1.75 bits per heavy atom. The predicted molar refractivity (Wildman–Crippen MR) is 110 cm³/mol. The lowest BCUT2D eigenvalue weighted by Crippen LogP contribution is -2.47. The Morgan fingerprint density at radius 1 is 1.11 bits per heavy atom. The van der Waals surface area contributed by atoms with Crippen LogP contribution in [0.3, 0.4) is 0 Å². The van der Waals surface area contributed by atoms with Crippen LogP contribution in [-0.2, 0) is 0 Å². The van der Waals surface area contributed by atoms with Crippen molar-refractivity contribution < 1.29 is 9.90 Å². The standard InChI is InChI=1S/C22H25N3O3/c1-14-10-9-13-17-18(14)20(26)24(16-11-7-6-8-12-16)19(23-17)15(2)25(21(27)28)22(3,4)5/h6-13,15H,1-5H3,(H,27,28). The molecular formula is C22H25N3O3. The van der Waals surface area contributed by atoms with Crippen molar-refractivity contribution in [3.8, 4) is 5.69 Å². The Balaban J connectivity index is 2.39. The molecule has 1 unspecified atom stereocenters. The number of hydrogen-bond donors (Lipinski definition) is 1. The van der Waals surface area contributed by atoms with Crippen molar-refractivity contribution >= 4 is 17.0 Å². The molecule has 6 nitrogen and oxygen atoms in total. The number of carbonyl (C=O) groups is 1. The largest absolute Gasteiger partial charge is 0.465 e. The molecule has 0 saturated carbocycles. The predicted octanol–water partition coefficient (Wildman–Crippen LogP) is 4.53. The van der Waals surface area contributed by atoms with Crippen molar-refractivity contribution in [2.45, 2.75) is 46.2 Å². The second kappa shape index (κ2) is 7.11. The molecule has 1 atom stereocenters. The van der Waals surface area contributed by atoms with Gasteiger partial charge in [0.25, 0.3) is 5.56 Å². The fraction of sp³-hybridized carbons (Fsp3) is 0.318. The van der Waals surface area contributed by atoms with E-state index in [1.54, 1.807) is 13.0 Å². The van der Waals surface area contributed by atoms with Crippen LogP contribution in [-0.4, -0.2) is 31.2 Å². The number of carboxylic acid groups (broad SMARTS) is 1. The van der Waals surface area contributed by atoms with E-state index in [1.165, 1.54) is 9.47 Å². The van der Waals surface area contributed by atoms with Gasteiger partial charge in [-0.2, -0.15) is 0 Å². The molecule has 0 spiro atoms. The van der Waals surface area contributed by atoms with E-state index in [4.69, 9.17) is 4.98 Å². The lowest BCUT2D eigenvalue weighted by molar-refractivity contribution is 0.0719. The van der Waals surface area contributed by atoms with Crippen LogP contribution < -0.4 is 5.56 Å². The van der Waals surface area contributed by atoms with Crippen LogP contribution in [0, 0.1) is 6.92 Å². The van der Waals surface area contributed by atoms with Gasteiger partial charge in [-0.15, -0.1) is 0 Å². The molecule has 0 aliphatic heterocycles. The van der Waals surface area contributed by atoms with Crippen molar-refractivity contribution in [2.24, 2.45) is 0 Å². The molecule has 3 rings (SSSR count). The number of fused-ring (bicyclic) bond motifs is 1. The van der Waals surface area contributed by atoms with E-state index in [1.807, 2.05) is 70.2 Å². The maximum atomic E-state index is 13.5. The smallest absolute Gasteiger partial charge is 0.408 e. The molecule has 0 fully saturated rings. The summed E-state index contributed by atoms with van der Waals surface area (Å²) >= 11 is 0. The van der Waals surface area contributed by atoms with Crippen LogP contribution in [0.15, 0.2) is 53.3 Å². The van der Waals surface area contributed by atoms with Crippen molar-refractivity contribution in [1.29, 1.82) is 0 Å². The maximum absolute atomic E-state index is 13.5. The van der Waals surface area contributed by atoms with E-state index in [-0.39, 0.29) is 5.56 Å². The summed E-state index contributed by atoms with van der Waals surface area (Å²) < 4.78 is 1.53. The van der Waals surface area contributed by atoms with E-state index < -0.39 is 17.7 Å². The topological polar surface area (TPSA) is 75.4 Å². The summed E-state index contributed by atoms with van der Waals surface area (Å²) in [7, 11) is 0. The third-order valence-corrected chi connectivity index (χ3v) is 4.84. The zero-order valence-electron chi connectivity index (χ0n) is 16.8. The van der Waals surface area contributed by atoms with E-state index in [2.05, 4.69) is 0 Å². The number of nitrogens with zero attached hydrogens (tertiary/aromatic N) is 3. The minimum absolute atomic E-state index is 0.199. The van der Waals surface area contributed by atoms with Gasteiger partial charge >= 0.3 is 6.09 Å². The van der Waals surface area contributed by atoms with Crippen molar-refractivity contribution in [1.82, 2.24) is 14.5 Å². The summed E-state index contributed by atoms with van der Waals surface area (Å²) in [4.78, 5) is 31.6. The minimum atomic E-state index is -1.06. The van der Waals surface area contributed by atoms with E-state index in [0.29, 0.717) is 22.4 Å². The van der Waals surface area contributed by atoms with Gasteiger partial charge < -0.3 is 5.11 Å². The van der Waals surface area contributed by atoms with Crippen LogP contribution in [0.1, 0.15) is 45.1 Å². The van der Waals surface area contributed by atoms with E-state index in [0.717, 1.165) is 5.56 Å². The molecule has 3 aromatic rings. The molecule has 2 aromatic carbocycles. The van der Waals surface area contributed by atoms with Gasteiger partial charge in [0.05, 0.1) is 22.6 Å². The first-order valence-electron chi connectivity index (χ1n) is 9.23. The Bertz CT molecular complexity index is 1080. The third kappa shape index (κ3) is 3.38. The first-order chi connectivity index (χ1) is 13.1. The first-order valence-corrected chi connectivity index (χ1v) is 9.23. The van der Waals surface area contributed by atoms with Crippen molar-refractivity contribution in [3.05, 3.63) is 70.3 Å². The van der Waals surface area contributed by atoms with Crippen molar-refractivity contribution in [3.63, 3.8) is 0 Å². The molecular weight excluding hydrogens is 354 g/mol. The quantitative estimate of drug-likeness (QED) is 0.725. The Kier molecular flexibility index (Phi) is 4.98. The van der Waals surface area contributed by atoms with Crippen LogP contribution in [0.5, 0.6) is 0 Å². The van der Waals surface area contributed by atoms with Gasteiger partial charge in [0.15, 0.2) is 0 Å². The molecule has 0 radical (unpaired) electrons. The van der Waals surface area contributed by atoms with Gasteiger partial charge in [-0.1, -0.05) is 30.3 Å². The number of hydrogen-bond acceptors (Lipinski definition) is 3. The zero-order valence-corrected chi connectivity index (χ0v) is 16.8. The van der Waals surface area contributed by atoms with Crippen LogP contribution in [0.2, 0.25) is 0 Å². The summed E-state index contributed by atoms with van der Waals surface area (Å²) in [5.74, 6) is 0.395. The molecule has 0 aliphatic rings. The lowest BCUT2D eigenvalue weighted by atomic mass is 10.0. The SMILES string of the molecule is Cc1cccc2nc(C(C)N(C(=O)O)C(C)(C)C)n(-c3ccccc3)c(=O)c12. The Morgan fingerprint density at radius 3 is 2.32 bits per heavy atom. The Hall–Kier alpha value is -3.15. The highest BCUT2D eigenvalue weighted by atomic mass is 16.4. The molecule has 1 N–H and O–H groups in total. The summed E-state index contributed by atoms with van der Waals surface area (Å²) in [5, 5.41) is 10.4. The lowest BCUT2D eigenvalue weighted by Gasteiger charge is -2.38. The van der Waals surface area contributed by atoms with Gasteiger partial charge in [-0.25, -0.2) is 9.78 Å². The molecule has 0 aliphatic carbocycles. The number of aryl methyl sites for hydroxylation is 1. The molecule has 1 heterocycles.